The van der Waals surface area contributed by atoms with Gasteiger partial charge in [-0.05, 0) is 29.8 Å². The zero-order valence-electron chi connectivity index (χ0n) is 8.78. The Balaban J connectivity index is 2.76. The van der Waals surface area contributed by atoms with Crippen LogP contribution in [0.1, 0.15) is 17.3 Å². The second kappa shape index (κ2) is 3.73. The first-order valence-corrected chi connectivity index (χ1v) is 4.80. The lowest BCUT2D eigenvalue weighted by Gasteiger charge is -2.05. The van der Waals surface area contributed by atoms with Crippen LogP contribution in [0.15, 0.2) is 36.4 Å². The zero-order chi connectivity index (χ0) is 10.8. The van der Waals surface area contributed by atoms with Crippen molar-refractivity contribution in [1.29, 1.82) is 0 Å². The third-order valence-corrected chi connectivity index (χ3v) is 2.47. The van der Waals surface area contributed by atoms with Crippen LogP contribution in [0.4, 0.5) is 0 Å². The molecule has 0 aliphatic heterocycles. The van der Waals surface area contributed by atoms with Gasteiger partial charge in [-0.3, -0.25) is 4.79 Å². The number of fused-ring (bicyclic) bond motifs is 1. The lowest BCUT2D eigenvalue weighted by Crippen LogP contribution is -1.93. The molecule has 2 aromatic rings. The number of carbonyl (C=O) groups is 1. The number of ketones is 1. The summed E-state index contributed by atoms with van der Waals surface area (Å²) >= 11 is 0. The largest absolute Gasteiger partial charge is 0.497 e. The molecule has 0 N–H and O–H groups in total. The summed E-state index contributed by atoms with van der Waals surface area (Å²) in [7, 11) is 1.62. The van der Waals surface area contributed by atoms with E-state index in [1.54, 1.807) is 14.0 Å². The van der Waals surface area contributed by atoms with Crippen LogP contribution in [0.3, 0.4) is 0 Å². The van der Waals surface area contributed by atoms with E-state index in [1.165, 1.54) is 0 Å². The molecule has 76 valence electrons. The third kappa shape index (κ3) is 1.71. The number of hydrogen-bond acceptors (Lipinski definition) is 2. The first-order valence-electron chi connectivity index (χ1n) is 4.80. The highest BCUT2D eigenvalue weighted by atomic mass is 16.5. The summed E-state index contributed by atoms with van der Waals surface area (Å²) in [4.78, 5) is 11.4. The van der Waals surface area contributed by atoms with Crippen LogP contribution < -0.4 is 4.74 Å². The Bertz CT molecular complexity index is 515. The van der Waals surface area contributed by atoms with E-state index in [-0.39, 0.29) is 5.78 Å². The van der Waals surface area contributed by atoms with Gasteiger partial charge < -0.3 is 4.74 Å². The number of Topliss-reactive ketones (excluding diaryl/α,β-unsaturated/α-hetero) is 1. The molecular weight excluding hydrogens is 188 g/mol. The minimum atomic E-state index is 0.0776. The van der Waals surface area contributed by atoms with Crippen LogP contribution in [-0.2, 0) is 0 Å². The molecule has 0 saturated carbocycles. The molecule has 0 aromatic heterocycles. The molecule has 2 heteroatoms. The Kier molecular flexibility index (Phi) is 2.42. The minimum Gasteiger partial charge on any atom is -0.497 e. The van der Waals surface area contributed by atoms with Crippen LogP contribution in [0.25, 0.3) is 10.8 Å². The summed E-state index contributed by atoms with van der Waals surface area (Å²) in [5.74, 6) is 0.852. The van der Waals surface area contributed by atoms with Crippen LogP contribution in [0, 0.1) is 0 Å². The molecule has 2 nitrogen and oxygen atoms in total. The maximum absolute atomic E-state index is 11.4. The highest BCUT2D eigenvalue weighted by molar-refractivity contribution is 6.07. The van der Waals surface area contributed by atoms with Crippen molar-refractivity contribution in [1.82, 2.24) is 0 Å². The Morgan fingerprint density at radius 1 is 1.20 bits per heavy atom. The highest BCUT2D eigenvalue weighted by Crippen LogP contribution is 2.24. The summed E-state index contributed by atoms with van der Waals surface area (Å²) < 4.78 is 5.15. The molecule has 2 aromatic carbocycles. The molecular formula is C13H12O2. The predicted octanol–water partition coefficient (Wildman–Crippen LogP) is 3.05. The van der Waals surface area contributed by atoms with Crippen LogP contribution in [-0.4, -0.2) is 12.9 Å². The van der Waals surface area contributed by atoms with Crippen molar-refractivity contribution in [2.45, 2.75) is 6.92 Å². The fraction of sp³-hybridized carbons (Fsp3) is 0.154. The Labute approximate surface area is 88.5 Å². The maximum Gasteiger partial charge on any atom is 0.160 e. The van der Waals surface area contributed by atoms with Gasteiger partial charge in [-0.15, -0.1) is 0 Å². The first-order chi connectivity index (χ1) is 7.22. The number of carbonyl (C=O) groups excluding carboxylic acids is 1. The van der Waals surface area contributed by atoms with Crippen molar-refractivity contribution in [3.8, 4) is 5.75 Å². The summed E-state index contributed by atoms with van der Waals surface area (Å²) in [5, 5.41) is 2.01. The first kappa shape index (κ1) is 9.71. The topological polar surface area (TPSA) is 26.3 Å². The van der Waals surface area contributed by atoms with E-state index in [4.69, 9.17) is 4.74 Å². The molecule has 0 heterocycles. The molecule has 0 bridgehead atoms. The Morgan fingerprint density at radius 2 is 2.00 bits per heavy atom. The monoisotopic (exact) mass is 200 g/mol. The predicted molar refractivity (Wildman–Crippen MR) is 60.5 cm³/mol. The highest BCUT2D eigenvalue weighted by Gasteiger charge is 2.05. The fourth-order valence-corrected chi connectivity index (χ4v) is 1.69. The van der Waals surface area contributed by atoms with E-state index in [0.717, 1.165) is 22.1 Å². The van der Waals surface area contributed by atoms with Gasteiger partial charge in [0.15, 0.2) is 5.78 Å². The van der Waals surface area contributed by atoms with E-state index in [9.17, 15) is 4.79 Å². The maximum atomic E-state index is 11.4. The second-order valence-corrected chi connectivity index (χ2v) is 3.45. The number of ether oxygens (including phenoxy) is 1. The average molecular weight is 200 g/mol. The van der Waals surface area contributed by atoms with Gasteiger partial charge in [0.1, 0.15) is 5.75 Å². The van der Waals surface area contributed by atoms with Gasteiger partial charge in [0, 0.05) is 5.56 Å². The van der Waals surface area contributed by atoms with Gasteiger partial charge in [0.25, 0.3) is 0 Å². The van der Waals surface area contributed by atoms with Crippen molar-refractivity contribution < 1.29 is 9.53 Å². The SMILES string of the molecule is COc1ccc2cccc(C(C)=O)c2c1. The lowest BCUT2D eigenvalue weighted by molar-refractivity contribution is 0.101. The molecule has 0 unspecified atom stereocenters. The Hall–Kier alpha value is -1.83. The van der Waals surface area contributed by atoms with Crippen LogP contribution in [0.5, 0.6) is 5.75 Å². The summed E-state index contributed by atoms with van der Waals surface area (Å²) in [6.45, 7) is 1.58. The minimum absolute atomic E-state index is 0.0776. The molecule has 0 radical (unpaired) electrons. The molecule has 0 atom stereocenters. The van der Waals surface area contributed by atoms with Gasteiger partial charge in [-0.1, -0.05) is 24.3 Å². The Morgan fingerprint density at radius 3 is 2.67 bits per heavy atom. The standard InChI is InChI=1S/C13H12O2/c1-9(14)12-5-3-4-10-6-7-11(15-2)8-13(10)12/h3-8H,1-2H3. The van der Waals surface area contributed by atoms with E-state index in [2.05, 4.69) is 0 Å². The molecule has 0 aliphatic rings. The third-order valence-electron chi connectivity index (χ3n) is 2.47. The number of methoxy groups -OCH3 is 1. The smallest absolute Gasteiger partial charge is 0.160 e. The van der Waals surface area contributed by atoms with E-state index in [0.29, 0.717) is 0 Å². The molecule has 0 saturated heterocycles. The normalized spacial score (nSPS) is 10.3. The van der Waals surface area contributed by atoms with E-state index >= 15 is 0 Å². The van der Waals surface area contributed by atoms with Crippen molar-refractivity contribution in [3.05, 3.63) is 42.0 Å². The molecule has 2 rings (SSSR count). The van der Waals surface area contributed by atoms with Gasteiger partial charge >= 0.3 is 0 Å². The second-order valence-electron chi connectivity index (χ2n) is 3.45. The fourth-order valence-electron chi connectivity index (χ4n) is 1.69. The van der Waals surface area contributed by atoms with Gasteiger partial charge in [-0.2, -0.15) is 0 Å². The number of hydrogen-bond donors (Lipinski definition) is 0. The molecule has 15 heavy (non-hydrogen) atoms. The zero-order valence-corrected chi connectivity index (χ0v) is 8.78. The van der Waals surface area contributed by atoms with Gasteiger partial charge in [-0.25, -0.2) is 0 Å². The molecule has 0 fully saturated rings. The van der Waals surface area contributed by atoms with E-state index in [1.807, 2.05) is 36.4 Å². The average Bonchev–Trinajstić information content (AvgIpc) is 2.27. The van der Waals surface area contributed by atoms with Crippen molar-refractivity contribution in [2.75, 3.05) is 7.11 Å². The summed E-state index contributed by atoms with van der Waals surface area (Å²) in [6, 6.07) is 11.5. The summed E-state index contributed by atoms with van der Waals surface area (Å²) in [5.41, 5.74) is 0.742. The lowest BCUT2D eigenvalue weighted by atomic mass is 10.0. The number of rotatable bonds is 2. The van der Waals surface area contributed by atoms with Crippen LogP contribution >= 0.6 is 0 Å². The van der Waals surface area contributed by atoms with Crippen molar-refractivity contribution >= 4 is 16.6 Å². The molecule has 0 aliphatic carbocycles. The quantitative estimate of drug-likeness (QED) is 0.696. The summed E-state index contributed by atoms with van der Waals surface area (Å²) in [6.07, 6.45) is 0. The number of benzene rings is 2. The van der Waals surface area contributed by atoms with Gasteiger partial charge in [0.05, 0.1) is 7.11 Å². The van der Waals surface area contributed by atoms with E-state index < -0.39 is 0 Å². The molecule has 0 amide bonds. The van der Waals surface area contributed by atoms with Gasteiger partial charge in [0.2, 0.25) is 0 Å². The van der Waals surface area contributed by atoms with Crippen molar-refractivity contribution in [3.63, 3.8) is 0 Å². The molecule has 0 spiro atoms. The van der Waals surface area contributed by atoms with Crippen molar-refractivity contribution in [2.24, 2.45) is 0 Å². The van der Waals surface area contributed by atoms with Crippen LogP contribution in [0.2, 0.25) is 0 Å².